The Balaban J connectivity index is 4.26. The van der Waals surface area contributed by atoms with E-state index in [-0.39, 0.29) is 0 Å². The van der Waals surface area contributed by atoms with Crippen LogP contribution in [0.2, 0.25) is 23.7 Å². The molecule has 0 aromatic rings. The van der Waals surface area contributed by atoms with Crippen LogP contribution in [0.4, 0.5) is 0 Å². The first kappa shape index (κ1) is 11.2. The van der Waals surface area contributed by atoms with E-state index in [0.29, 0.717) is 0 Å². The number of hydrogen-bond donors (Lipinski definition) is 0. The molecule has 1 atom stereocenters. The third-order valence-corrected chi connectivity index (χ3v) is 9.84. The van der Waals surface area contributed by atoms with E-state index in [1.54, 1.807) is 0 Å². The third kappa shape index (κ3) is 2.33. The topological polar surface area (TPSA) is 0 Å². The molecule has 0 saturated heterocycles. The van der Waals surface area contributed by atoms with Crippen molar-refractivity contribution in [3.8, 4) is 0 Å². The van der Waals surface area contributed by atoms with Gasteiger partial charge in [-0.15, -0.1) is 0 Å². The molecule has 0 aliphatic heterocycles. The maximum Gasteiger partial charge on any atom is 0.0558 e. The highest BCUT2D eigenvalue weighted by molar-refractivity contribution is 6.81. The molecule has 1 radical (unpaired) electrons. The van der Waals surface area contributed by atoms with Crippen LogP contribution in [-0.4, -0.2) is 8.07 Å². The second-order valence-electron chi connectivity index (χ2n) is 3.53. The molecule has 0 aliphatic carbocycles. The average Bonchev–Trinajstić information content (AvgIpc) is 2.08. The van der Waals surface area contributed by atoms with Gasteiger partial charge in [0.25, 0.3) is 0 Å². The van der Waals surface area contributed by atoms with Gasteiger partial charge in [0.05, 0.1) is 8.07 Å². The Labute approximate surface area is 73.4 Å². The molecule has 0 amide bonds. The molecule has 0 fully saturated rings. The lowest BCUT2D eigenvalue weighted by Crippen LogP contribution is -2.35. The van der Waals surface area contributed by atoms with Crippen LogP contribution < -0.4 is 0 Å². The maximum atomic E-state index is 4.30. The van der Waals surface area contributed by atoms with Crippen LogP contribution in [-0.2, 0) is 0 Å². The van der Waals surface area contributed by atoms with Crippen LogP contribution in [0, 0.1) is 6.92 Å². The van der Waals surface area contributed by atoms with Crippen molar-refractivity contribution in [3.63, 3.8) is 0 Å². The molecule has 0 nitrogen and oxygen atoms in total. The summed E-state index contributed by atoms with van der Waals surface area (Å²) in [5.41, 5.74) is 0.780. The Morgan fingerprint density at radius 1 is 1.00 bits per heavy atom. The van der Waals surface area contributed by atoms with E-state index in [2.05, 4.69) is 34.6 Å². The summed E-state index contributed by atoms with van der Waals surface area (Å²) in [6.07, 6.45) is 1.28. The fourth-order valence-corrected chi connectivity index (χ4v) is 6.15. The first-order chi connectivity index (χ1) is 5.16. The van der Waals surface area contributed by atoms with Gasteiger partial charge in [-0.3, -0.25) is 0 Å². The zero-order valence-electron chi connectivity index (χ0n) is 8.61. The van der Waals surface area contributed by atoms with E-state index < -0.39 is 8.07 Å². The highest BCUT2D eigenvalue weighted by Gasteiger charge is 2.31. The first-order valence-electron chi connectivity index (χ1n) is 4.99. The van der Waals surface area contributed by atoms with E-state index in [9.17, 15) is 0 Å². The Kier molecular flexibility index (Phi) is 5.07. The molecule has 0 rings (SSSR count). The SMILES string of the molecule is [CH2]C(CC)[Si](CC)(CC)CC. The van der Waals surface area contributed by atoms with Gasteiger partial charge in [-0.2, -0.15) is 0 Å². The molecule has 0 spiro atoms. The van der Waals surface area contributed by atoms with Crippen LogP contribution in [0.25, 0.3) is 0 Å². The predicted octanol–water partition coefficient (Wildman–Crippen LogP) is 4.11. The van der Waals surface area contributed by atoms with Crippen molar-refractivity contribution in [2.45, 2.75) is 57.8 Å². The summed E-state index contributed by atoms with van der Waals surface area (Å²) in [6.45, 7) is 13.6. The molecule has 1 heteroatoms. The van der Waals surface area contributed by atoms with Crippen molar-refractivity contribution in [2.24, 2.45) is 0 Å². The van der Waals surface area contributed by atoms with E-state index in [1.807, 2.05) is 0 Å². The summed E-state index contributed by atoms with van der Waals surface area (Å²) in [7, 11) is -0.932. The number of hydrogen-bond acceptors (Lipinski definition) is 0. The lowest BCUT2D eigenvalue weighted by atomic mass is 10.4. The lowest BCUT2D eigenvalue weighted by molar-refractivity contribution is 0.873. The molecule has 0 N–H and O–H groups in total. The Morgan fingerprint density at radius 3 is 1.45 bits per heavy atom. The highest BCUT2D eigenvalue weighted by atomic mass is 28.3. The van der Waals surface area contributed by atoms with Crippen molar-refractivity contribution >= 4 is 8.07 Å². The van der Waals surface area contributed by atoms with Gasteiger partial charge in [-0.05, 0) is 5.54 Å². The summed E-state index contributed by atoms with van der Waals surface area (Å²) in [4.78, 5) is 0. The van der Waals surface area contributed by atoms with Gasteiger partial charge in [0, 0.05) is 0 Å². The van der Waals surface area contributed by atoms with Gasteiger partial charge in [0.1, 0.15) is 0 Å². The summed E-state index contributed by atoms with van der Waals surface area (Å²) >= 11 is 0. The van der Waals surface area contributed by atoms with Gasteiger partial charge < -0.3 is 0 Å². The summed E-state index contributed by atoms with van der Waals surface area (Å²) < 4.78 is 0. The lowest BCUT2D eigenvalue weighted by Gasteiger charge is -2.34. The molecular formula is C10H23Si. The van der Waals surface area contributed by atoms with E-state index in [1.165, 1.54) is 24.6 Å². The highest BCUT2D eigenvalue weighted by Crippen LogP contribution is 2.34. The summed E-state index contributed by atoms with van der Waals surface area (Å²) in [5.74, 6) is 0. The van der Waals surface area contributed by atoms with Crippen molar-refractivity contribution < 1.29 is 0 Å². The van der Waals surface area contributed by atoms with Crippen LogP contribution in [0.3, 0.4) is 0 Å². The van der Waals surface area contributed by atoms with Crippen molar-refractivity contribution in [3.05, 3.63) is 6.92 Å². The van der Waals surface area contributed by atoms with Crippen molar-refractivity contribution in [1.82, 2.24) is 0 Å². The van der Waals surface area contributed by atoms with E-state index in [0.717, 1.165) is 5.54 Å². The maximum absolute atomic E-state index is 4.30. The van der Waals surface area contributed by atoms with Gasteiger partial charge in [-0.25, -0.2) is 0 Å². The molecule has 67 valence electrons. The number of rotatable bonds is 5. The predicted molar refractivity (Wildman–Crippen MR) is 56.6 cm³/mol. The van der Waals surface area contributed by atoms with Gasteiger partial charge >= 0.3 is 0 Å². The molecule has 11 heavy (non-hydrogen) atoms. The fraction of sp³-hybridized carbons (Fsp3) is 0.900. The van der Waals surface area contributed by atoms with Crippen molar-refractivity contribution in [1.29, 1.82) is 0 Å². The zero-order chi connectivity index (χ0) is 8.91. The average molecular weight is 171 g/mol. The minimum Gasteiger partial charge on any atom is -0.0678 e. The minimum absolute atomic E-state index is 0.780. The molecule has 0 aromatic heterocycles. The Bertz CT molecular complexity index is 86.8. The molecule has 0 aromatic carbocycles. The van der Waals surface area contributed by atoms with Gasteiger partial charge in [-0.1, -0.05) is 59.2 Å². The quantitative estimate of drug-likeness (QED) is 0.546. The normalized spacial score (nSPS) is 15.0. The van der Waals surface area contributed by atoms with Gasteiger partial charge in [0.15, 0.2) is 0 Å². The van der Waals surface area contributed by atoms with Crippen LogP contribution in [0.1, 0.15) is 34.1 Å². The molecular weight excluding hydrogens is 148 g/mol. The fourth-order valence-electron chi connectivity index (χ4n) is 2.05. The first-order valence-corrected chi connectivity index (χ1v) is 7.69. The van der Waals surface area contributed by atoms with E-state index >= 15 is 0 Å². The van der Waals surface area contributed by atoms with Crippen LogP contribution >= 0.6 is 0 Å². The van der Waals surface area contributed by atoms with Crippen LogP contribution in [0.15, 0.2) is 0 Å². The molecule has 0 aliphatic rings. The summed E-state index contributed by atoms with van der Waals surface area (Å²) in [5, 5.41) is 0. The van der Waals surface area contributed by atoms with Gasteiger partial charge in [0.2, 0.25) is 0 Å². The smallest absolute Gasteiger partial charge is 0.0558 e. The Morgan fingerprint density at radius 2 is 1.36 bits per heavy atom. The molecule has 0 bridgehead atoms. The van der Waals surface area contributed by atoms with Crippen LogP contribution in [0.5, 0.6) is 0 Å². The largest absolute Gasteiger partial charge is 0.0678 e. The standard InChI is InChI=1S/C10H23Si/c1-6-10(5)11(7-2,8-3)9-4/h10H,5-9H2,1-4H3. The molecule has 0 heterocycles. The summed E-state index contributed by atoms with van der Waals surface area (Å²) in [6, 6.07) is 4.26. The molecule has 0 saturated carbocycles. The second-order valence-corrected chi connectivity index (χ2v) is 9.19. The third-order valence-electron chi connectivity index (χ3n) is 3.47. The second kappa shape index (κ2) is 4.97. The Hall–Kier alpha value is 0.217. The minimum atomic E-state index is -0.932. The zero-order valence-corrected chi connectivity index (χ0v) is 9.61. The monoisotopic (exact) mass is 171 g/mol. The van der Waals surface area contributed by atoms with E-state index in [4.69, 9.17) is 0 Å². The molecule has 1 unspecified atom stereocenters. The van der Waals surface area contributed by atoms with Crippen molar-refractivity contribution in [2.75, 3.05) is 0 Å².